The Morgan fingerprint density at radius 1 is 1.50 bits per heavy atom. The molecule has 2 rings (SSSR count). The molecule has 1 N–H and O–H groups in total. The number of halogens is 1. The second-order valence-electron chi connectivity index (χ2n) is 3.98. The van der Waals surface area contributed by atoms with Gasteiger partial charge in [-0.15, -0.1) is 0 Å². The first kappa shape index (κ1) is 12.8. The van der Waals surface area contributed by atoms with Crippen LogP contribution in [0.4, 0.5) is 5.69 Å². The maximum atomic E-state index is 12.1. The average Bonchev–Trinajstić information content (AvgIpc) is 2.70. The number of anilines is 1. The number of hydrogen-bond donors (Lipinski definition) is 1. The summed E-state index contributed by atoms with van der Waals surface area (Å²) in [5, 5.41) is 7.12. The number of benzene rings is 1. The lowest BCUT2D eigenvalue weighted by atomic mass is 10.2. The smallest absolute Gasteiger partial charge is 0.259 e. The first-order valence-electron chi connectivity index (χ1n) is 5.69. The van der Waals surface area contributed by atoms with Gasteiger partial charge in [-0.2, -0.15) is 5.10 Å². The van der Waals surface area contributed by atoms with E-state index in [2.05, 4.69) is 26.3 Å². The van der Waals surface area contributed by atoms with Crippen LogP contribution in [0.5, 0.6) is 0 Å². The van der Waals surface area contributed by atoms with Crippen molar-refractivity contribution in [2.24, 2.45) is 7.05 Å². The number of nitrogens with one attached hydrogen (secondary N) is 1. The molecule has 18 heavy (non-hydrogen) atoms. The minimum Gasteiger partial charge on any atom is -0.322 e. The second-order valence-corrected chi connectivity index (χ2v) is 4.90. The third-order valence-corrected chi connectivity index (χ3v) is 3.06. The summed E-state index contributed by atoms with van der Waals surface area (Å²) in [6.07, 6.45) is 2.48. The van der Waals surface area contributed by atoms with E-state index in [0.29, 0.717) is 5.56 Å². The van der Waals surface area contributed by atoms with Crippen molar-refractivity contribution in [2.75, 3.05) is 5.32 Å². The number of rotatable bonds is 3. The monoisotopic (exact) mass is 307 g/mol. The SMILES string of the molecule is CCc1nn(C)cc1C(=O)Nc1cccc(Br)c1. The zero-order valence-corrected chi connectivity index (χ0v) is 11.9. The number of nitrogens with zero attached hydrogens (tertiary/aromatic N) is 2. The normalized spacial score (nSPS) is 10.4. The van der Waals surface area contributed by atoms with Gasteiger partial charge >= 0.3 is 0 Å². The minimum atomic E-state index is -0.127. The van der Waals surface area contributed by atoms with Crippen LogP contribution in [-0.4, -0.2) is 15.7 Å². The number of carbonyl (C=O) groups is 1. The highest BCUT2D eigenvalue weighted by Gasteiger charge is 2.14. The molecule has 0 spiro atoms. The van der Waals surface area contributed by atoms with E-state index in [1.54, 1.807) is 10.9 Å². The van der Waals surface area contributed by atoms with Crippen molar-refractivity contribution in [2.45, 2.75) is 13.3 Å². The Labute approximate surface area is 114 Å². The highest BCUT2D eigenvalue weighted by molar-refractivity contribution is 9.10. The predicted octanol–water partition coefficient (Wildman–Crippen LogP) is 3.00. The van der Waals surface area contributed by atoms with Crippen LogP contribution < -0.4 is 5.32 Å². The average molecular weight is 308 g/mol. The highest BCUT2D eigenvalue weighted by atomic mass is 79.9. The number of amides is 1. The van der Waals surface area contributed by atoms with Gasteiger partial charge in [0.05, 0.1) is 11.3 Å². The van der Waals surface area contributed by atoms with Gasteiger partial charge in [-0.25, -0.2) is 0 Å². The maximum absolute atomic E-state index is 12.1. The minimum absolute atomic E-state index is 0.127. The number of aryl methyl sites for hydroxylation is 2. The van der Waals surface area contributed by atoms with E-state index in [4.69, 9.17) is 0 Å². The zero-order chi connectivity index (χ0) is 13.1. The molecule has 1 heterocycles. The Bertz CT molecular complexity index is 577. The Morgan fingerprint density at radius 2 is 2.28 bits per heavy atom. The molecule has 0 saturated carbocycles. The Balaban J connectivity index is 2.21. The summed E-state index contributed by atoms with van der Waals surface area (Å²) in [6.45, 7) is 1.98. The van der Waals surface area contributed by atoms with Gasteiger partial charge in [0.1, 0.15) is 0 Å². The molecule has 94 valence electrons. The van der Waals surface area contributed by atoms with Crippen LogP contribution in [0.3, 0.4) is 0 Å². The van der Waals surface area contributed by atoms with Crippen molar-refractivity contribution < 1.29 is 4.79 Å². The topological polar surface area (TPSA) is 46.9 Å². The van der Waals surface area contributed by atoms with Crippen molar-refractivity contribution in [3.63, 3.8) is 0 Å². The van der Waals surface area contributed by atoms with Gasteiger partial charge in [-0.1, -0.05) is 28.9 Å². The molecule has 5 heteroatoms. The molecule has 1 aromatic heterocycles. The van der Waals surface area contributed by atoms with E-state index in [1.807, 2.05) is 38.2 Å². The summed E-state index contributed by atoms with van der Waals surface area (Å²) in [5.41, 5.74) is 2.20. The van der Waals surface area contributed by atoms with Crippen LogP contribution in [0.25, 0.3) is 0 Å². The van der Waals surface area contributed by atoms with E-state index in [9.17, 15) is 4.79 Å². The van der Waals surface area contributed by atoms with E-state index >= 15 is 0 Å². The Hall–Kier alpha value is -1.62. The quantitative estimate of drug-likeness (QED) is 0.947. The molecule has 0 saturated heterocycles. The van der Waals surface area contributed by atoms with Gasteiger partial charge in [0.2, 0.25) is 0 Å². The largest absolute Gasteiger partial charge is 0.322 e. The van der Waals surface area contributed by atoms with Crippen molar-refractivity contribution in [1.29, 1.82) is 0 Å². The summed E-state index contributed by atoms with van der Waals surface area (Å²) < 4.78 is 2.59. The van der Waals surface area contributed by atoms with E-state index < -0.39 is 0 Å². The summed E-state index contributed by atoms with van der Waals surface area (Å²) >= 11 is 3.37. The molecule has 0 aliphatic heterocycles. The molecular weight excluding hydrogens is 294 g/mol. The predicted molar refractivity (Wildman–Crippen MR) is 74.7 cm³/mol. The van der Waals surface area contributed by atoms with Crippen LogP contribution >= 0.6 is 15.9 Å². The molecule has 0 unspecified atom stereocenters. The van der Waals surface area contributed by atoms with Gasteiger partial charge in [-0.05, 0) is 24.6 Å². The van der Waals surface area contributed by atoms with Crippen LogP contribution in [0.15, 0.2) is 34.9 Å². The van der Waals surface area contributed by atoms with Crippen LogP contribution in [0.2, 0.25) is 0 Å². The molecule has 4 nitrogen and oxygen atoms in total. The fourth-order valence-electron chi connectivity index (χ4n) is 1.75. The molecule has 0 radical (unpaired) electrons. The number of aromatic nitrogens is 2. The third kappa shape index (κ3) is 2.79. The van der Waals surface area contributed by atoms with Crippen LogP contribution in [-0.2, 0) is 13.5 Å². The summed E-state index contributed by atoms with van der Waals surface area (Å²) in [6, 6.07) is 7.51. The van der Waals surface area contributed by atoms with Gasteiger partial charge in [0.15, 0.2) is 0 Å². The van der Waals surface area contributed by atoms with Crippen molar-refractivity contribution in [3.8, 4) is 0 Å². The fraction of sp³-hybridized carbons (Fsp3) is 0.231. The zero-order valence-electron chi connectivity index (χ0n) is 10.3. The maximum Gasteiger partial charge on any atom is 0.259 e. The van der Waals surface area contributed by atoms with Gasteiger partial charge < -0.3 is 5.32 Å². The molecule has 1 amide bonds. The lowest BCUT2D eigenvalue weighted by Gasteiger charge is -2.04. The standard InChI is InChI=1S/C13H14BrN3O/c1-3-12-11(8-17(2)16-12)13(18)15-10-6-4-5-9(14)7-10/h4-8H,3H2,1-2H3,(H,15,18). The summed E-state index contributed by atoms with van der Waals surface area (Å²) in [5.74, 6) is -0.127. The second kappa shape index (κ2) is 5.35. The highest BCUT2D eigenvalue weighted by Crippen LogP contribution is 2.17. The first-order chi connectivity index (χ1) is 8.60. The fourth-order valence-corrected chi connectivity index (χ4v) is 2.15. The van der Waals surface area contributed by atoms with Crippen LogP contribution in [0.1, 0.15) is 23.0 Å². The molecular formula is C13H14BrN3O. The molecule has 0 atom stereocenters. The van der Waals surface area contributed by atoms with Gasteiger partial charge in [0.25, 0.3) is 5.91 Å². The van der Waals surface area contributed by atoms with Crippen molar-refractivity contribution in [1.82, 2.24) is 9.78 Å². The van der Waals surface area contributed by atoms with Gasteiger partial charge in [-0.3, -0.25) is 9.48 Å². The molecule has 0 fully saturated rings. The van der Waals surface area contributed by atoms with E-state index in [0.717, 1.165) is 22.3 Å². The lowest BCUT2D eigenvalue weighted by molar-refractivity contribution is 0.102. The van der Waals surface area contributed by atoms with Crippen molar-refractivity contribution >= 4 is 27.5 Å². The Kier molecular flexibility index (Phi) is 3.81. The number of carbonyl (C=O) groups excluding carboxylic acids is 1. The van der Waals surface area contributed by atoms with E-state index in [-0.39, 0.29) is 5.91 Å². The lowest BCUT2D eigenvalue weighted by Crippen LogP contribution is -2.13. The molecule has 0 bridgehead atoms. The molecule has 1 aromatic carbocycles. The Morgan fingerprint density at radius 3 is 2.94 bits per heavy atom. The van der Waals surface area contributed by atoms with Gasteiger partial charge in [0, 0.05) is 23.4 Å². The summed E-state index contributed by atoms with van der Waals surface area (Å²) in [4.78, 5) is 12.1. The molecule has 2 aromatic rings. The molecule has 0 aliphatic rings. The van der Waals surface area contributed by atoms with E-state index in [1.165, 1.54) is 0 Å². The number of hydrogen-bond acceptors (Lipinski definition) is 2. The third-order valence-electron chi connectivity index (χ3n) is 2.57. The van der Waals surface area contributed by atoms with Crippen LogP contribution in [0, 0.1) is 0 Å². The van der Waals surface area contributed by atoms with Crippen molar-refractivity contribution in [3.05, 3.63) is 46.2 Å². The molecule has 0 aliphatic carbocycles. The summed E-state index contributed by atoms with van der Waals surface area (Å²) in [7, 11) is 1.81. The first-order valence-corrected chi connectivity index (χ1v) is 6.49.